The van der Waals surface area contributed by atoms with Gasteiger partial charge in [0.1, 0.15) is 12.0 Å². The number of nitrogens with one attached hydrogen (secondary N) is 1. The first-order chi connectivity index (χ1) is 7.84. The van der Waals surface area contributed by atoms with Crippen LogP contribution in [-0.4, -0.2) is 20.2 Å². The average Bonchev–Trinajstić information content (AvgIpc) is 2.73. The number of nitrogens with two attached hydrogens (primary N) is 1. The number of benzene rings is 1. The van der Waals surface area contributed by atoms with E-state index in [1.165, 1.54) is 6.33 Å². The lowest BCUT2D eigenvalue weighted by molar-refractivity contribution is 1.11. The van der Waals surface area contributed by atoms with E-state index in [1.54, 1.807) is 12.4 Å². The molecule has 0 unspecified atom stereocenters. The molecule has 0 aliphatic heterocycles. The Balaban J connectivity index is 2.26. The van der Waals surface area contributed by atoms with Crippen molar-refractivity contribution in [3.8, 4) is 11.3 Å². The SMILES string of the molecule is Nc1ccc2c(-c3cncnc3)n[nH]c2c1. The van der Waals surface area contributed by atoms with Gasteiger partial charge in [0.2, 0.25) is 0 Å². The van der Waals surface area contributed by atoms with Gasteiger partial charge in [0.15, 0.2) is 0 Å². The Kier molecular flexibility index (Phi) is 1.83. The molecule has 0 fully saturated rings. The van der Waals surface area contributed by atoms with Crippen LogP contribution in [-0.2, 0) is 0 Å². The Morgan fingerprint density at radius 3 is 2.75 bits per heavy atom. The van der Waals surface area contributed by atoms with E-state index >= 15 is 0 Å². The van der Waals surface area contributed by atoms with Crippen LogP contribution in [0.2, 0.25) is 0 Å². The van der Waals surface area contributed by atoms with Crippen LogP contribution in [0.3, 0.4) is 0 Å². The molecule has 16 heavy (non-hydrogen) atoms. The van der Waals surface area contributed by atoms with Crippen molar-refractivity contribution >= 4 is 16.6 Å². The maximum atomic E-state index is 5.70. The number of aromatic nitrogens is 4. The number of fused-ring (bicyclic) bond motifs is 1. The van der Waals surface area contributed by atoms with Gasteiger partial charge in [-0.1, -0.05) is 0 Å². The highest BCUT2D eigenvalue weighted by Crippen LogP contribution is 2.26. The molecular weight excluding hydrogens is 202 g/mol. The van der Waals surface area contributed by atoms with Crippen LogP contribution in [0.1, 0.15) is 0 Å². The van der Waals surface area contributed by atoms with Crippen molar-refractivity contribution in [2.45, 2.75) is 0 Å². The van der Waals surface area contributed by atoms with Crippen LogP contribution in [0.25, 0.3) is 22.2 Å². The fourth-order valence-corrected chi connectivity index (χ4v) is 1.68. The molecule has 0 atom stereocenters. The summed E-state index contributed by atoms with van der Waals surface area (Å²) < 4.78 is 0. The summed E-state index contributed by atoms with van der Waals surface area (Å²) in [5.41, 5.74) is 9.06. The average molecular weight is 211 g/mol. The molecule has 2 aromatic heterocycles. The lowest BCUT2D eigenvalue weighted by Gasteiger charge is -1.96. The topological polar surface area (TPSA) is 80.5 Å². The van der Waals surface area contributed by atoms with Gasteiger partial charge in [-0.15, -0.1) is 0 Å². The highest BCUT2D eigenvalue weighted by atomic mass is 15.1. The molecule has 5 nitrogen and oxygen atoms in total. The highest BCUT2D eigenvalue weighted by molar-refractivity contribution is 5.93. The Hall–Kier alpha value is -2.43. The summed E-state index contributed by atoms with van der Waals surface area (Å²) in [7, 11) is 0. The zero-order valence-corrected chi connectivity index (χ0v) is 8.38. The molecule has 0 bridgehead atoms. The van der Waals surface area contributed by atoms with E-state index < -0.39 is 0 Å². The summed E-state index contributed by atoms with van der Waals surface area (Å²) in [6.45, 7) is 0. The Morgan fingerprint density at radius 2 is 1.94 bits per heavy atom. The minimum Gasteiger partial charge on any atom is -0.399 e. The van der Waals surface area contributed by atoms with E-state index in [9.17, 15) is 0 Å². The van der Waals surface area contributed by atoms with Gasteiger partial charge in [0, 0.05) is 29.0 Å². The molecule has 0 aliphatic rings. The first-order valence-corrected chi connectivity index (χ1v) is 4.83. The fraction of sp³-hybridized carbons (Fsp3) is 0. The molecule has 0 aliphatic carbocycles. The summed E-state index contributed by atoms with van der Waals surface area (Å²) in [5.74, 6) is 0. The van der Waals surface area contributed by atoms with Gasteiger partial charge in [-0.2, -0.15) is 5.10 Å². The Morgan fingerprint density at radius 1 is 1.12 bits per heavy atom. The summed E-state index contributed by atoms with van der Waals surface area (Å²) in [6, 6.07) is 5.65. The van der Waals surface area contributed by atoms with E-state index in [4.69, 9.17) is 5.73 Å². The maximum absolute atomic E-state index is 5.70. The molecule has 3 N–H and O–H groups in total. The normalized spacial score (nSPS) is 10.8. The van der Waals surface area contributed by atoms with Gasteiger partial charge >= 0.3 is 0 Å². The predicted molar refractivity (Wildman–Crippen MR) is 61.5 cm³/mol. The van der Waals surface area contributed by atoms with Gasteiger partial charge < -0.3 is 5.73 Å². The monoisotopic (exact) mass is 211 g/mol. The van der Waals surface area contributed by atoms with E-state index in [2.05, 4.69) is 20.2 Å². The molecule has 0 saturated carbocycles. The van der Waals surface area contributed by atoms with Crippen LogP contribution in [0, 0.1) is 0 Å². The Labute approximate surface area is 91.3 Å². The molecule has 3 aromatic rings. The van der Waals surface area contributed by atoms with E-state index in [-0.39, 0.29) is 0 Å². The minimum atomic E-state index is 0.715. The van der Waals surface area contributed by atoms with Crippen LogP contribution in [0.4, 0.5) is 5.69 Å². The zero-order valence-electron chi connectivity index (χ0n) is 8.38. The summed E-state index contributed by atoms with van der Waals surface area (Å²) in [5, 5.41) is 8.21. The van der Waals surface area contributed by atoms with Gasteiger partial charge in [-0.05, 0) is 18.2 Å². The lowest BCUT2D eigenvalue weighted by Crippen LogP contribution is -1.84. The molecule has 78 valence electrons. The smallest absolute Gasteiger partial charge is 0.115 e. The predicted octanol–water partition coefficient (Wildman–Crippen LogP) is 1.60. The van der Waals surface area contributed by atoms with Crippen LogP contribution < -0.4 is 5.73 Å². The van der Waals surface area contributed by atoms with Gasteiger partial charge in [-0.3, -0.25) is 5.10 Å². The van der Waals surface area contributed by atoms with E-state index in [0.717, 1.165) is 22.2 Å². The van der Waals surface area contributed by atoms with Gasteiger partial charge in [0.05, 0.1) is 5.52 Å². The molecule has 0 amide bonds. The highest BCUT2D eigenvalue weighted by Gasteiger charge is 2.07. The number of hydrogen-bond acceptors (Lipinski definition) is 4. The van der Waals surface area contributed by atoms with Crippen molar-refractivity contribution in [2.75, 3.05) is 5.73 Å². The van der Waals surface area contributed by atoms with Crippen molar-refractivity contribution in [2.24, 2.45) is 0 Å². The fourth-order valence-electron chi connectivity index (χ4n) is 1.68. The molecular formula is C11H9N5. The lowest BCUT2D eigenvalue weighted by atomic mass is 10.1. The summed E-state index contributed by atoms with van der Waals surface area (Å²) in [4.78, 5) is 7.95. The van der Waals surface area contributed by atoms with Crippen molar-refractivity contribution in [1.82, 2.24) is 20.2 Å². The van der Waals surface area contributed by atoms with Crippen molar-refractivity contribution in [3.63, 3.8) is 0 Å². The summed E-state index contributed by atoms with van der Waals surface area (Å²) in [6.07, 6.45) is 4.97. The molecule has 2 heterocycles. The van der Waals surface area contributed by atoms with E-state index in [0.29, 0.717) is 5.69 Å². The third kappa shape index (κ3) is 1.30. The summed E-state index contributed by atoms with van der Waals surface area (Å²) >= 11 is 0. The third-order valence-corrected chi connectivity index (χ3v) is 2.42. The van der Waals surface area contributed by atoms with Gasteiger partial charge in [0.25, 0.3) is 0 Å². The number of nitrogens with zero attached hydrogens (tertiary/aromatic N) is 3. The second kappa shape index (κ2) is 3.30. The van der Waals surface area contributed by atoms with Crippen molar-refractivity contribution < 1.29 is 0 Å². The number of anilines is 1. The molecule has 1 aromatic carbocycles. The minimum absolute atomic E-state index is 0.715. The second-order valence-electron chi connectivity index (χ2n) is 3.50. The van der Waals surface area contributed by atoms with Crippen LogP contribution >= 0.6 is 0 Å². The van der Waals surface area contributed by atoms with Gasteiger partial charge in [-0.25, -0.2) is 9.97 Å². The number of hydrogen-bond donors (Lipinski definition) is 2. The molecule has 0 radical (unpaired) electrons. The molecule has 5 heteroatoms. The molecule has 3 rings (SSSR count). The number of H-pyrrole nitrogens is 1. The van der Waals surface area contributed by atoms with Crippen molar-refractivity contribution in [1.29, 1.82) is 0 Å². The van der Waals surface area contributed by atoms with Crippen LogP contribution in [0.15, 0.2) is 36.9 Å². The first-order valence-electron chi connectivity index (χ1n) is 4.83. The largest absolute Gasteiger partial charge is 0.399 e. The van der Waals surface area contributed by atoms with Crippen molar-refractivity contribution in [3.05, 3.63) is 36.9 Å². The number of rotatable bonds is 1. The van der Waals surface area contributed by atoms with Crippen LogP contribution in [0.5, 0.6) is 0 Å². The molecule has 0 spiro atoms. The standard InChI is InChI=1S/C11H9N5/c12-8-1-2-9-10(3-8)15-16-11(9)7-4-13-6-14-5-7/h1-6H,12H2,(H,15,16). The third-order valence-electron chi connectivity index (χ3n) is 2.42. The molecule has 0 saturated heterocycles. The first kappa shape index (κ1) is 8.84. The number of aromatic amines is 1. The second-order valence-corrected chi connectivity index (χ2v) is 3.50. The maximum Gasteiger partial charge on any atom is 0.115 e. The number of nitrogen functional groups attached to an aromatic ring is 1. The zero-order chi connectivity index (χ0) is 11.0. The Bertz CT molecular complexity index is 629. The van der Waals surface area contributed by atoms with E-state index in [1.807, 2.05) is 18.2 Å². The quantitative estimate of drug-likeness (QED) is 0.599.